The molecule has 2 unspecified atom stereocenters. The smallest absolute Gasteiger partial charge is 0.292 e. The molecule has 104 valence electrons. The van der Waals surface area contributed by atoms with Crippen molar-refractivity contribution in [3.63, 3.8) is 0 Å². The molecule has 0 saturated carbocycles. The Kier molecular flexibility index (Phi) is 4.01. The molecular formula is C13H19N3O3. The van der Waals surface area contributed by atoms with Gasteiger partial charge in [-0.3, -0.25) is 15.0 Å². The summed E-state index contributed by atoms with van der Waals surface area (Å²) in [6.45, 7) is 4.32. The van der Waals surface area contributed by atoms with Crippen molar-refractivity contribution in [2.45, 2.75) is 26.0 Å². The first-order valence-corrected chi connectivity index (χ1v) is 6.40. The van der Waals surface area contributed by atoms with E-state index in [1.54, 1.807) is 12.1 Å². The lowest BCUT2D eigenvalue weighted by molar-refractivity contribution is -0.383. The van der Waals surface area contributed by atoms with Gasteiger partial charge in [-0.15, -0.1) is 0 Å². The van der Waals surface area contributed by atoms with Crippen LogP contribution in [0.25, 0.3) is 0 Å². The SMILES string of the molecule is CC(O)C1CCN(Cc2ccc([N+](=O)[O-])c(N)c2)C1. The lowest BCUT2D eigenvalue weighted by Gasteiger charge is -2.17. The minimum atomic E-state index is -0.474. The van der Waals surface area contributed by atoms with Gasteiger partial charge in [-0.1, -0.05) is 6.07 Å². The number of nitrogen functional groups attached to an aromatic ring is 1. The molecule has 2 atom stereocenters. The summed E-state index contributed by atoms with van der Waals surface area (Å²) < 4.78 is 0. The first-order valence-electron chi connectivity index (χ1n) is 6.40. The van der Waals surface area contributed by atoms with Gasteiger partial charge in [0, 0.05) is 19.2 Å². The van der Waals surface area contributed by atoms with Crippen molar-refractivity contribution in [3.8, 4) is 0 Å². The Labute approximate surface area is 112 Å². The minimum Gasteiger partial charge on any atom is -0.393 e. The number of hydrogen-bond donors (Lipinski definition) is 2. The topological polar surface area (TPSA) is 92.6 Å². The first kappa shape index (κ1) is 13.8. The van der Waals surface area contributed by atoms with Crippen LogP contribution in [0.2, 0.25) is 0 Å². The molecule has 1 heterocycles. The highest BCUT2D eigenvalue weighted by Crippen LogP contribution is 2.25. The zero-order valence-corrected chi connectivity index (χ0v) is 11.0. The summed E-state index contributed by atoms with van der Waals surface area (Å²) in [7, 11) is 0. The van der Waals surface area contributed by atoms with Gasteiger partial charge in [-0.05, 0) is 37.4 Å². The van der Waals surface area contributed by atoms with Crippen LogP contribution in [0.5, 0.6) is 0 Å². The van der Waals surface area contributed by atoms with E-state index in [1.165, 1.54) is 6.07 Å². The van der Waals surface area contributed by atoms with Gasteiger partial charge in [0.2, 0.25) is 0 Å². The molecule has 3 N–H and O–H groups in total. The molecule has 6 nitrogen and oxygen atoms in total. The Bertz CT molecular complexity index is 476. The summed E-state index contributed by atoms with van der Waals surface area (Å²) in [5.74, 6) is 0.315. The number of nitrogens with zero attached hydrogens (tertiary/aromatic N) is 2. The van der Waals surface area contributed by atoms with E-state index in [1.807, 2.05) is 6.92 Å². The second-order valence-corrected chi connectivity index (χ2v) is 5.17. The van der Waals surface area contributed by atoms with Crippen LogP contribution in [0.4, 0.5) is 11.4 Å². The maximum Gasteiger partial charge on any atom is 0.292 e. The second-order valence-electron chi connectivity index (χ2n) is 5.17. The monoisotopic (exact) mass is 265 g/mol. The molecule has 1 aromatic carbocycles. The highest BCUT2D eigenvalue weighted by Gasteiger charge is 2.26. The molecule has 1 fully saturated rings. The average molecular weight is 265 g/mol. The Hall–Kier alpha value is -1.66. The van der Waals surface area contributed by atoms with Crippen molar-refractivity contribution in [2.75, 3.05) is 18.8 Å². The van der Waals surface area contributed by atoms with E-state index in [4.69, 9.17) is 5.73 Å². The maximum atomic E-state index is 10.7. The van der Waals surface area contributed by atoms with Gasteiger partial charge in [-0.2, -0.15) is 0 Å². The average Bonchev–Trinajstić information content (AvgIpc) is 2.77. The maximum absolute atomic E-state index is 10.7. The molecule has 6 heteroatoms. The third-order valence-electron chi connectivity index (χ3n) is 3.69. The van der Waals surface area contributed by atoms with Gasteiger partial charge >= 0.3 is 0 Å². The molecular weight excluding hydrogens is 246 g/mol. The lowest BCUT2D eigenvalue weighted by Crippen LogP contribution is -2.24. The lowest BCUT2D eigenvalue weighted by atomic mass is 10.0. The Morgan fingerprint density at radius 2 is 2.37 bits per heavy atom. The predicted molar refractivity (Wildman–Crippen MR) is 72.6 cm³/mol. The van der Waals surface area contributed by atoms with E-state index >= 15 is 0 Å². The fourth-order valence-electron chi connectivity index (χ4n) is 2.53. The number of aliphatic hydroxyl groups is 1. The fraction of sp³-hybridized carbons (Fsp3) is 0.538. The number of benzene rings is 1. The van der Waals surface area contributed by atoms with Crippen LogP contribution in [0.3, 0.4) is 0 Å². The van der Waals surface area contributed by atoms with Gasteiger partial charge in [0.15, 0.2) is 0 Å². The molecule has 1 saturated heterocycles. The Morgan fingerprint density at radius 3 is 2.89 bits per heavy atom. The van der Waals surface area contributed by atoms with Crippen LogP contribution in [0, 0.1) is 16.0 Å². The van der Waals surface area contributed by atoms with Crippen LogP contribution in [0.15, 0.2) is 18.2 Å². The van der Waals surface area contributed by atoms with E-state index in [-0.39, 0.29) is 17.5 Å². The van der Waals surface area contributed by atoms with Crippen LogP contribution < -0.4 is 5.73 Å². The third kappa shape index (κ3) is 3.21. The quantitative estimate of drug-likeness (QED) is 0.487. The number of aliphatic hydroxyl groups excluding tert-OH is 1. The van der Waals surface area contributed by atoms with Crippen molar-refractivity contribution in [2.24, 2.45) is 5.92 Å². The molecule has 1 aromatic rings. The summed E-state index contributed by atoms with van der Waals surface area (Å²) in [6, 6.07) is 4.85. The molecule has 0 spiro atoms. The number of nitro groups is 1. The van der Waals surface area contributed by atoms with Crippen LogP contribution in [0.1, 0.15) is 18.9 Å². The van der Waals surface area contributed by atoms with E-state index in [0.29, 0.717) is 12.5 Å². The summed E-state index contributed by atoms with van der Waals surface area (Å²) >= 11 is 0. The van der Waals surface area contributed by atoms with Crippen LogP contribution >= 0.6 is 0 Å². The Balaban J connectivity index is 2.01. The molecule has 1 aliphatic heterocycles. The molecule has 0 radical (unpaired) electrons. The molecule has 0 amide bonds. The van der Waals surface area contributed by atoms with Gasteiger partial charge in [0.05, 0.1) is 11.0 Å². The molecule has 19 heavy (non-hydrogen) atoms. The van der Waals surface area contributed by atoms with Crippen molar-refractivity contribution < 1.29 is 10.0 Å². The molecule has 1 aliphatic rings. The second kappa shape index (κ2) is 5.54. The summed E-state index contributed by atoms with van der Waals surface area (Å²) in [5.41, 5.74) is 6.79. The van der Waals surface area contributed by atoms with Gasteiger partial charge in [0.1, 0.15) is 5.69 Å². The predicted octanol–water partition coefficient (Wildman–Crippen LogP) is 1.38. The zero-order valence-electron chi connectivity index (χ0n) is 11.0. The van der Waals surface area contributed by atoms with Crippen molar-refractivity contribution in [1.82, 2.24) is 4.90 Å². The van der Waals surface area contributed by atoms with Gasteiger partial charge in [0.25, 0.3) is 5.69 Å². The zero-order chi connectivity index (χ0) is 14.0. The van der Waals surface area contributed by atoms with Gasteiger partial charge in [-0.25, -0.2) is 0 Å². The number of hydrogen-bond acceptors (Lipinski definition) is 5. The van der Waals surface area contributed by atoms with E-state index in [2.05, 4.69) is 4.90 Å². The van der Waals surface area contributed by atoms with Crippen LogP contribution in [-0.2, 0) is 6.54 Å². The van der Waals surface area contributed by atoms with Crippen LogP contribution in [-0.4, -0.2) is 34.1 Å². The normalized spacial score (nSPS) is 21.5. The van der Waals surface area contributed by atoms with E-state index < -0.39 is 4.92 Å². The minimum absolute atomic E-state index is 0.0490. The number of nitro benzene ring substituents is 1. The molecule has 0 aliphatic carbocycles. The van der Waals surface area contributed by atoms with Crippen molar-refractivity contribution >= 4 is 11.4 Å². The highest BCUT2D eigenvalue weighted by atomic mass is 16.6. The fourth-order valence-corrected chi connectivity index (χ4v) is 2.53. The number of anilines is 1. The first-order chi connectivity index (χ1) is 8.97. The molecule has 0 bridgehead atoms. The largest absolute Gasteiger partial charge is 0.393 e. The standard InChI is InChI=1S/C13H19N3O3/c1-9(17)11-4-5-15(8-11)7-10-2-3-13(16(18)19)12(14)6-10/h2-3,6,9,11,17H,4-5,7-8,14H2,1H3. The highest BCUT2D eigenvalue weighted by molar-refractivity contribution is 5.59. The Morgan fingerprint density at radius 1 is 1.63 bits per heavy atom. The molecule has 2 rings (SSSR count). The third-order valence-corrected chi connectivity index (χ3v) is 3.69. The van der Waals surface area contributed by atoms with Crippen molar-refractivity contribution in [1.29, 1.82) is 0 Å². The number of nitrogens with two attached hydrogens (primary N) is 1. The van der Waals surface area contributed by atoms with Crippen molar-refractivity contribution in [3.05, 3.63) is 33.9 Å². The number of rotatable bonds is 4. The number of likely N-dealkylation sites (tertiary alicyclic amines) is 1. The van der Waals surface area contributed by atoms with Gasteiger partial charge < -0.3 is 10.8 Å². The summed E-state index contributed by atoms with van der Waals surface area (Å²) in [6.07, 6.45) is 0.701. The van der Waals surface area contributed by atoms with E-state index in [0.717, 1.165) is 25.1 Å². The molecule has 0 aromatic heterocycles. The summed E-state index contributed by atoms with van der Waals surface area (Å²) in [4.78, 5) is 12.4. The van der Waals surface area contributed by atoms with E-state index in [9.17, 15) is 15.2 Å². The summed E-state index contributed by atoms with van der Waals surface area (Å²) in [5, 5.41) is 20.2.